The van der Waals surface area contributed by atoms with Gasteiger partial charge in [-0.15, -0.1) is 11.3 Å². The van der Waals surface area contributed by atoms with Crippen LogP contribution in [0.15, 0.2) is 41.4 Å². The molecule has 2 heterocycles. The molecule has 10 heteroatoms. The van der Waals surface area contributed by atoms with Gasteiger partial charge in [0.1, 0.15) is 12.4 Å². The number of halogens is 1. The second-order valence-electron chi connectivity index (χ2n) is 5.63. The van der Waals surface area contributed by atoms with Crippen LogP contribution in [0.5, 0.6) is 0 Å². The Labute approximate surface area is 165 Å². The molecule has 1 saturated heterocycles. The van der Waals surface area contributed by atoms with Crippen LogP contribution in [-0.2, 0) is 4.74 Å². The number of carbonyl (C=O) groups excluding carboxylic acids is 2. The molecule has 0 aliphatic carbocycles. The molecule has 0 spiro atoms. The van der Waals surface area contributed by atoms with Gasteiger partial charge in [0.2, 0.25) is 0 Å². The molecule has 8 nitrogen and oxygen atoms in total. The van der Waals surface area contributed by atoms with E-state index in [9.17, 15) is 9.59 Å². The molecule has 1 aliphatic heterocycles. The van der Waals surface area contributed by atoms with Crippen molar-refractivity contribution in [3.05, 3.63) is 45.6 Å². The van der Waals surface area contributed by atoms with Crippen molar-refractivity contribution in [2.45, 2.75) is 6.10 Å². The summed E-state index contributed by atoms with van der Waals surface area (Å²) in [7, 11) is 1.66. The number of rotatable bonds is 7. The second-order valence-corrected chi connectivity index (χ2v) is 7.35. The quantitative estimate of drug-likeness (QED) is 0.372. The highest BCUT2D eigenvalue weighted by Crippen LogP contribution is 2.24. The van der Waals surface area contributed by atoms with Gasteiger partial charge in [0, 0.05) is 12.7 Å². The zero-order chi connectivity index (χ0) is 19.2. The van der Waals surface area contributed by atoms with Gasteiger partial charge >= 0.3 is 6.09 Å². The van der Waals surface area contributed by atoms with Gasteiger partial charge in [0.25, 0.3) is 5.91 Å². The summed E-state index contributed by atoms with van der Waals surface area (Å²) in [4.78, 5) is 30.0. The van der Waals surface area contributed by atoms with E-state index in [-0.39, 0.29) is 12.5 Å². The third-order valence-electron chi connectivity index (χ3n) is 3.75. The zero-order valence-corrected chi connectivity index (χ0v) is 16.0. The van der Waals surface area contributed by atoms with Crippen LogP contribution in [0.25, 0.3) is 0 Å². The van der Waals surface area contributed by atoms with Gasteiger partial charge in [0.05, 0.1) is 28.0 Å². The van der Waals surface area contributed by atoms with Crippen LogP contribution in [0.4, 0.5) is 16.2 Å². The highest BCUT2D eigenvalue weighted by atomic mass is 35.5. The second kappa shape index (κ2) is 8.74. The summed E-state index contributed by atoms with van der Waals surface area (Å²) in [6, 6.07) is 10.6. The van der Waals surface area contributed by atoms with E-state index in [2.05, 4.69) is 21.2 Å². The first-order chi connectivity index (χ1) is 13.1. The number of hydrazine groups is 1. The van der Waals surface area contributed by atoms with Crippen LogP contribution in [0.2, 0.25) is 4.34 Å². The van der Waals surface area contributed by atoms with Crippen molar-refractivity contribution in [3.8, 4) is 0 Å². The Bertz CT molecular complexity index is 839. The number of ether oxygens (including phenoxy) is 1. The van der Waals surface area contributed by atoms with Gasteiger partial charge in [-0.05, 0) is 36.4 Å². The molecule has 2 amide bonds. The Morgan fingerprint density at radius 2 is 2.15 bits per heavy atom. The van der Waals surface area contributed by atoms with Crippen LogP contribution < -0.4 is 21.1 Å². The first-order valence-electron chi connectivity index (χ1n) is 8.10. The number of aliphatic imine (C=N–C) groups is 1. The lowest BCUT2D eigenvalue weighted by Gasteiger charge is -2.14. The Kier molecular flexibility index (Phi) is 6.15. The van der Waals surface area contributed by atoms with E-state index in [4.69, 9.17) is 16.3 Å². The molecule has 3 N–H and O–H groups in total. The molecule has 27 heavy (non-hydrogen) atoms. The van der Waals surface area contributed by atoms with Crippen LogP contribution in [0.1, 0.15) is 9.67 Å². The lowest BCUT2D eigenvalue weighted by atomic mass is 10.2. The van der Waals surface area contributed by atoms with Crippen molar-refractivity contribution in [2.75, 3.05) is 30.5 Å². The van der Waals surface area contributed by atoms with Crippen molar-refractivity contribution in [3.63, 3.8) is 0 Å². The maximum Gasteiger partial charge on any atom is 0.414 e. The van der Waals surface area contributed by atoms with Gasteiger partial charge in [-0.2, -0.15) is 0 Å². The minimum Gasteiger partial charge on any atom is -0.442 e. The average Bonchev–Trinajstić information content (AvgIpc) is 3.26. The predicted molar refractivity (Wildman–Crippen MR) is 107 cm³/mol. The minimum absolute atomic E-state index is 0.233. The van der Waals surface area contributed by atoms with Gasteiger partial charge in [-0.1, -0.05) is 11.6 Å². The lowest BCUT2D eigenvalue weighted by molar-refractivity contribution is 0.0920. The number of nitrogens with one attached hydrogen (secondary N) is 3. The van der Waals surface area contributed by atoms with Crippen LogP contribution >= 0.6 is 22.9 Å². The molecule has 0 radical (unpaired) electrons. The smallest absolute Gasteiger partial charge is 0.414 e. The topological polar surface area (TPSA) is 95.1 Å². The molecular weight excluding hydrogens is 390 g/mol. The number of amides is 2. The average molecular weight is 408 g/mol. The Hall–Kier alpha value is -2.78. The Balaban J connectivity index is 1.53. The third-order valence-corrected chi connectivity index (χ3v) is 4.98. The first-order valence-corrected chi connectivity index (χ1v) is 9.30. The number of cyclic esters (lactones) is 1. The fourth-order valence-electron chi connectivity index (χ4n) is 2.47. The van der Waals surface area contributed by atoms with E-state index in [0.717, 1.165) is 5.69 Å². The standard InChI is InChI=1S/C17H18ClN5O3S/c1-19-10-21-22-11-2-4-12(5-3-11)23-9-13(26-17(23)25)8-20-16(24)14-6-7-15(18)27-14/h2-7,10,13,22H,8-9H2,1H3,(H,19,21)(H,20,24)/t13-/m0/s1. The summed E-state index contributed by atoms with van der Waals surface area (Å²) in [5.41, 5.74) is 7.29. The zero-order valence-electron chi connectivity index (χ0n) is 14.4. The van der Waals surface area contributed by atoms with Gasteiger partial charge in [0.15, 0.2) is 0 Å². The summed E-state index contributed by atoms with van der Waals surface area (Å²) in [5, 5.41) is 2.76. The Morgan fingerprint density at radius 1 is 1.37 bits per heavy atom. The van der Waals surface area contributed by atoms with Crippen molar-refractivity contribution in [1.82, 2.24) is 10.7 Å². The van der Waals surface area contributed by atoms with E-state index in [1.54, 1.807) is 19.2 Å². The molecule has 0 unspecified atom stereocenters. The fourth-order valence-corrected chi connectivity index (χ4v) is 3.43. The molecule has 2 aromatic rings. The van der Waals surface area contributed by atoms with Gasteiger partial charge < -0.3 is 15.5 Å². The summed E-state index contributed by atoms with van der Waals surface area (Å²) in [5.74, 6) is -0.236. The minimum atomic E-state index is -0.439. The maximum absolute atomic E-state index is 12.1. The lowest BCUT2D eigenvalue weighted by Crippen LogP contribution is -2.34. The van der Waals surface area contributed by atoms with Crippen LogP contribution in [0, 0.1) is 0 Å². The predicted octanol–water partition coefficient (Wildman–Crippen LogP) is 2.73. The Morgan fingerprint density at radius 3 is 2.81 bits per heavy atom. The highest BCUT2D eigenvalue weighted by Gasteiger charge is 2.32. The number of carbonyl (C=O) groups is 2. The van der Waals surface area contributed by atoms with E-state index >= 15 is 0 Å². The van der Waals surface area contributed by atoms with Crippen molar-refractivity contribution >= 4 is 52.7 Å². The molecule has 3 rings (SSSR count). The molecule has 142 valence electrons. The summed E-state index contributed by atoms with van der Waals surface area (Å²) in [6.07, 6.45) is 0.664. The number of nitrogens with zero attached hydrogens (tertiary/aromatic N) is 2. The summed E-state index contributed by atoms with van der Waals surface area (Å²) < 4.78 is 5.88. The summed E-state index contributed by atoms with van der Waals surface area (Å²) >= 11 is 7.03. The van der Waals surface area contributed by atoms with E-state index in [1.165, 1.54) is 22.6 Å². The normalized spacial score (nSPS) is 16.4. The van der Waals surface area contributed by atoms with Crippen LogP contribution in [-0.4, -0.2) is 44.6 Å². The summed E-state index contributed by atoms with van der Waals surface area (Å²) in [6.45, 7) is 0.592. The number of anilines is 2. The molecular formula is C17H18ClN5O3S. The molecule has 0 saturated carbocycles. The molecule has 1 aromatic heterocycles. The monoisotopic (exact) mass is 407 g/mol. The van der Waals surface area contributed by atoms with E-state index in [1.807, 2.05) is 24.3 Å². The number of hydrogen-bond donors (Lipinski definition) is 3. The molecule has 0 bridgehead atoms. The first kappa shape index (κ1) is 19.0. The van der Waals surface area contributed by atoms with Gasteiger partial charge in [-0.3, -0.25) is 20.1 Å². The molecule has 1 aliphatic rings. The van der Waals surface area contributed by atoms with Gasteiger partial charge in [-0.25, -0.2) is 4.79 Å². The SMILES string of the molecule is CN=CNNc1ccc(N2C[C@H](CNC(=O)c3ccc(Cl)s3)OC2=O)cc1. The van der Waals surface area contributed by atoms with E-state index in [0.29, 0.717) is 21.4 Å². The highest BCUT2D eigenvalue weighted by molar-refractivity contribution is 7.17. The molecule has 1 fully saturated rings. The maximum atomic E-state index is 12.1. The van der Waals surface area contributed by atoms with Crippen LogP contribution in [0.3, 0.4) is 0 Å². The van der Waals surface area contributed by atoms with Crippen molar-refractivity contribution in [2.24, 2.45) is 4.99 Å². The van der Waals surface area contributed by atoms with Crippen molar-refractivity contribution < 1.29 is 14.3 Å². The molecule has 1 atom stereocenters. The van der Waals surface area contributed by atoms with Crippen molar-refractivity contribution in [1.29, 1.82) is 0 Å². The number of benzene rings is 1. The number of thiophene rings is 1. The number of hydrogen-bond acceptors (Lipinski definition) is 6. The largest absolute Gasteiger partial charge is 0.442 e. The third kappa shape index (κ3) is 4.89. The molecule has 1 aromatic carbocycles. The van der Waals surface area contributed by atoms with E-state index < -0.39 is 12.2 Å². The fraction of sp³-hybridized carbons (Fsp3) is 0.235.